The number of benzene rings is 1. The zero-order valence-corrected chi connectivity index (χ0v) is 10.0. The van der Waals surface area contributed by atoms with E-state index in [2.05, 4.69) is 22.0 Å². The number of hydrogen-bond donors (Lipinski definition) is 0. The highest BCUT2D eigenvalue weighted by molar-refractivity contribution is 9.10. The predicted octanol–water partition coefficient (Wildman–Crippen LogP) is 1.68. The van der Waals surface area contributed by atoms with E-state index in [9.17, 15) is 4.79 Å². The molecule has 1 saturated heterocycles. The second kappa shape index (κ2) is 4.64. The predicted molar refractivity (Wildman–Crippen MR) is 62.0 cm³/mol. The fourth-order valence-corrected chi connectivity index (χ4v) is 2.16. The van der Waals surface area contributed by atoms with Gasteiger partial charge in [-0.3, -0.25) is 4.79 Å². The summed E-state index contributed by atoms with van der Waals surface area (Å²) in [6.07, 6.45) is 0. The number of morpholine rings is 1. The van der Waals surface area contributed by atoms with Crippen LogP contribution in [-0.2, 0) is 9.53 Å². The maximum Gasteiger partial charge on any atom is 0.253 e. The Hall–Kier alpha value is -1.38. The first-order valence-corrected chi connectivity index (χ1v) is 5.59. The third kappa shape index (κ3) is 2.08. The maximum atomic E-state index is 11.6. The molecular weight excluding hydrogens is 272 g/mol. The molecule has 0 aliphatic carbocycles. The number of anilines is 1. The Morgan fingerprint density at radius 3 is 2.94 bits per heavy atom. The van der Waals surface area contributed by atoms with Crippen molar-refractivity contribution >= 4 is 27.5 Å². The third-order valence-corrected chi connectivity index (χ3v) is 2.99. The normalized spacial score (nSPS) is 16.0. The van der Waals surface area contributed by atoms with Crippen LogP contribution in [0.2, 0.25) is 0 Å². The van der Waals surface area contributed by atoms with Crippen molar-refractivity contribution in [1.82, 2.24) is 0 Å². The molecule has 0 atom stereocenters. The lowest BCUT2D eigenvalue weighted by molar-refractivity contribution is -0.125. The molecule has 0 bridgehead atoms. The van der Waals surface area contributed by atoms with Crippen molar-refractivity contribution in [1.29, 1.82) is 5.26 Å². The Morgan fingerprint density at radius 2 is 2.31 bits per heavy atom. The van der Waals surface area contributed by atoms with Gasteiger partial charge in [0, 0.05) is 11.0 Å². The first-order valence-electron chi connectivity index (χ1n) is 4.80. The molecule has 1 heterocycles. The van der Waals surface area contributed by atoms with Gasteiger partial charge in [-0.2, -0.15) is 5.26 Å². The molecule has 0 saturated carbocycles. The van der Waals surface area contributed by atoms with Gasteiger partial charge in [0.1, 0.15) is 6.61 Å². The molecule has 0 spiro atoms. The van der Waals surface area contributed by atoms with Crippen molar-refractivity contribution in [3.05, 3.63) is 28.2 Å². The van der Waals surface area contributed by atoms with Gasteiger partial charge < -0.3 is 9.64 Å². The van der Waals surface area contributed by atoms with Gasteiger partial charge in [0.25, 0.3) is 5.91 Å². The van der Waals surface area contributed by atoms with Crippen LogP contribution in [0.15, 0.2) is 22.7 Å². The van der Waals surface area contributed by atoms with Crippen LogP contribution in [-0.4, -0.2) is 25.7 Å². The summed E-state index contributed by atoms with van der Waals surface area (Å²) in [7, 11) is 0. The molecule has 1 aliphatic rings. The Balaban J connectivity index is 2.33. The van der Waals surface area contributed by atoms with E-state index in [-0.39, 0.29) is 12.5 Å². The van der Waals surface area contributed by atoms with Crippen LogP contribution in [0.5, 0.6) is 0 Å². The second-order valence-corrected chi connectivity index (χ2v) is 4.23. The molecule has 0 N–H and O–H groups in total. The summed E-state index contributed by atoms with van der Waals surface area (Å²) in [4.78, 5) is 13.3. The quantitative estimate of drug-likeness (QED) is 0.787. The molecule has 4 nitrogen and oxygen atoms in total. The van der Waals surface area contributed by atoms with E-state index in [1.807, 2.05) is 0 Å². The molecule has 1 aliphatic heterocycles. The van der Waals surface area contributed by atoms with Gasteiger partial charge in [0.2, 0.25) is 0 Å². The lowest BCUT2D eigenvalue weighted by Gasteiger charge is -2.27. The topological polar surface area (TPSA) is 53.3 Å². The Labute approximate surface area is 102 Å². The van der Waals surface area contributed by atoms with Gasteiger partial charge in [0.05, 0.1) is 23.9 Å². The lowest BCUT2D eigenvalue weighted by atomic mass is 10.2. The van der Waals surface area contributed by atoms with Crippen LogP contribution in [0.1, 0.15) is 5.56 Å². The zero-order valence-electron chi connectivity index (χ0n) is 8.44. The van der Waals surface area contributed by atoms with E-state index in [4.69, 9.17) is 10.00 Å². The highest BCUT2D eigenvalue weighted by atomic mass is 79.9. The van der Waals surface area contributed by atoms with Crippen molar-refractivity contribution in [2.45, 2.75) is 0 Å². The number of nitriles is 1. The number of halogens is 1. The lowest BCUT2D eigenvalue weighted by Crippen LogP contribution is -2.41. The molecule has 5 heteroatoms. The summed E-state index contributed by atoms with van der Waals surface area (Å²) in [5, 5.41) is 8.74. The smallest absolute Gasteiger partial charge is 0.253 e. The minimum atomic E-state index is -0.0587. The van der Waals surface area contributed by atoms with Gasteiger partial charge >= 0.3 is 0 Å². The third-order valence-electron chi connectivity index (χ3n) is 2.35. The number of rotatable bonds is 1. The number of carbonyl (C=O) groups is 1. The number of ether oxygens (including phenoxy) is 1. The molecule has 16 heavy (non-hydrogen) atoms. The van der Waals surface area contributed by atoms with Gasteiger partial charge in [-0.1, -0.05) is 0 Å². The van der Waals surface area contributed by atoms with E-state index < -0.39 is 0 Å². The van der Waals surface area contributed by atoms with Gasteiger partial charge in [-0.25, -0.2) is 0 Å². The maximum absolute atomic E-state index is 11.6. The molecule has 1 amide bonds. The first kappa shape index (κ1) is 11.1. The molecule has 2 rings (SSSR count). The van der Waals surface area contributed by atoms with E-state index in [0.29, 0.717) is 18.7 Å². The molecule has 1 aromatic rings. The zero-order chi connectivity index (χ0) is 11.5. The molecule has 0 unspecified atom stereocenters. The fourth-order valence-electron chi connectivity index (χ4n) is 1.57. The minimum Gasteiger partial charge on any atom is -0.370 e. The van der Waals surface area contributed by atoms with Crippen LogP contribution in [0.3, 0.4) is 0 Å². The highest BCUT2D eigenvalue weighted by Gasteiger charge is 2.21. The molecule has 0 aromatic heterocycles. The van der Waals surface area contributed by atoms with Crippen molar-refractivity contribution < 1.29 is 9.53 Å². The van der Waals surface area contributed by atoms with E-state index in [0.717, 1.165) is 10.2 Å². The second-order valence-electron chi connectivity index (χ2n) is 3.38. The monoisotopic (exact) mass is 280 g/mol. The number of hydrogen-bond acceptors (Lipinski definition) is 3. The Kier molecular flexibility index (Phi) is 3.22. The molecule has 82 valence electrons. The minimum absolute atomic E-state index is 0.0587. The standard InChI is InChI=1S/C11H9BrN2O2/c12-9-5-8(6-13)1-2-10(9)14-3-4-16-7-11(14)15/h1-2,5H,3-4,7H2. The summed E-state index contributed by atoms with van der Waals surface area (Å²) in [5.41, 5.74) is 1.35. The van der Waals surface area contributed by atoms with Crippen LogP contribution < -0.4 is 4.90 Å². The van der Waals surface area contributed by atoms with Crippen molar-refractivity contribution in [2.75, 3.05) is 24.7 Å². The van der Waals surface area contributed by atoms with Crippen LogP contribution >= 0.6 is 15.9 Å². The first-order chi connectivity index (χ1) is 7.72. The van der Waals surface area contributed by atoms with Crippen molar-refractivity contribution in [3.8, 4) is 6.07 Å². The molecule has 0 radical (unpaired) electrons. The summed E-state index contributed by atoms with van der Waals surface area (Å²) >= 11 is 3.37. The van der Waals surface area contributed by atoms with Gasteiger partial charge in [0.15, 0.2) is 0 Å². The van der Waals surface area contributed by atoms with E-state index >= 15 is 0 Å². The number of amides is 1. The fraction of sp³-hybridized carbons (Fsp3) is 0.273. The summed E-state index contributed by atoms with van der Waals surface area (Å²) in [5.74, 6) is -0.0587. The van der Waals surface area contributed by atoms with Crippen LogP contribution in [0.25, 0.3) is 0 Å². The van der Waals surface area contributed by atoms with Crippen molar-refractivity contribution in [2.24, 2.45) is 0 Å². The molecule has 1 fully saturated rings. The Morgan fingerprint density at radius 1 is 1.50 bits per heavy atom. The molecule has 1 aromatic carbocycles. The summed E-state index contributed by atoms with van der Waals surface area (Å²) in [6.45, 7) is 1.20. The van der Waals surface area contributed by atoms with Gasteiger partial charge in [-0.05, 0) is 34.1 Å². The van der Waals surface area contributed by atoms with Crippen LogP contribution in [0.4, 0.5) is 5.69 Å². The SMILES string of the molecule is N#Cc1ccc(N2CCOCC2=O)c(Br)c1. The highest BCUT2D eigenvalue weighted by Crippen LogP contribution is 2.28. The average molecular weight is 281 g/mol. The number of carbonyl (C=O) groups excluding carboxylic acids is 1. The van der Waals surface area contributed by atoms with Crippen molar-refractivity contribution in [3.63, 3.8) is 0 Å². The Bertz CT molecular complexity index is 468. The summed E-state index contributed by atoms with van der Waals surface area (Å²) in [6, 6.07) is 7.22. The largest absolute Gasteiger partial charge is 0.370 e. The summed E-state index contributed by atoms with van der Waals surface area (Å²) < 4.78 is 5.81. The van der Waals surface area contributed by atoms with Gasteiger partial charge in [-0.15, -0.1) is 0 Å². The van der Waals surface area contributed by atoms with E-state index in [1.165, 1.54) is 0 Å². The number of nitrogens with zero attached hydrogens (tertiary/aromatic N) is 2. The molecular formula is C11H9BrN2O2. The van der Waals surface area contributed by atoms with Crippen LogP contribution in [0, 0.1) is 11.3 Å². The average Bonchev–Trinajstić information content (AvgIpc) is 2.30. The van der Waals surface area contributed by atoms with E-state index in [1.54, 1.807) is 23.1 Å².